The molecular weight excluding hydrogens is 298 g/mol. The number of carbonyl (C=O) groups excluding carboxylic acids is 1. The molecule has 6 nitrogen and oxygen atoms in total. The molecule has 120 valence electrons. The largest absolute Gasteiger partial charge is 0.480 e. The summed E-state index contributed by atoms with van der Waals surface area (Å²) in [5.74, 6) is 8.15. The van der Waals surface area contributed by atoms with Gasteiger partial charge in [-0.05, 0) is 50.0 Å². The summed E-state index contributed by atoms with van der Waals surface area (Å²) in [4.78, 5) is 23.2. The second-order valence-corrected chi connectivity index (χ2v) is 5.19. The van der Waals surface area contributed by atoms with E-state index < -0.39 is 23.5 Å². The number of hydrogen-bond acceptors (Lipinski definition) is 4. The maximum Gasteiger partial charge on any atom is 0.329 e. The summed E-state index contributed by atoms with van der Waals surface area (Å²) in [7, 11) is 0. The fourth-order valence-corrected chi connectivity index (χ4v) is 1.65. The quantitative estimate of drug-likeness (QED) is 0.585. The fraction of sp³-hybridized carbons (Fsp3) is 0.294. The molecule has 0 bridgehead atoms. The van der Waals surface area contributed by atoms with Gasteiger partial charge >= 0.3 is 5.97 Å². The first-order valence-electron chi connectivity index (χ1n) is 6.71. The lowest BCUT2D eigenvalue weighted by atomic mass is 9.98. The van der Waals surface area contributed by atoms with E-state index in [0.29, 0.717) is 5.56 Å². The van der Waals surface area contributed by atoms with E-state index in [1.807, 2.05) is 0 Å². The van der Waals surface area contributed by atoms with Crippen LogP contribution in [0.5, 0.6) is 0 Å². The van der Waals surface area contributed by atoms with Gasteiger partial charge in [0.15, 0.2) is 6.04 Å². The molecular formula is C17H17NO5. The molecule has 4 N–H and O–H groups in total. The number of aliphatic hydroxyl groups is 2. The van der Waals surface area contributed by atoms with Crippen molar-refractivity contribution in [2.24, 2.45) is 0 Å². The van der Waals surface area contributed by atoms with Crippen molar-refractivity contribution in [2.45, 2.75) is 25.5 Å². The summed E-state index contributed by atoms with van der Waals surface area (Å²) in [6.07, 6.45) is 0. The van der Waals surface area contributed by atoms with Crippen molar-refractivity contribution < 1.29 is 24.9 Å². The van der Waals surface area contributed by atoms with Crippen LogP contribution in [0.15, 0.2) is 24.3 Å². The Labute approximate surface area is 134 Å². The molecule has 1 aromatic carbocycles. The van der Waals surface area contributed by atoms with Crippen LogP contribution < -0.4 is 5.32 Å². The average Bonchev–Trinajstić information content (AvgIpc) is 2.48. The number of amides is 1. The van der Waals surface area contributed by atoms with Crippen molar-refractivity contribution in [1.29, 1.82) is 0 Å². The highest BCUT2D eigenvalue weighted by atomic mass is 16.4. The Morgan fingerprint density at radius 1 is 1.22 bits per heavy atom. The van der Waals surface area contributed by atoms with Gasteiger partial charge in [-0.25, -0.2) is 4.79 Å². The van der Waals surface area contributed by atoms with Gasteiger partial charge in [0.2, 0.25) is 0 Å². The Bertz CT molecular complexity index is 693. The standard InChI is InChI=1S/C17H17NO5/c1-17(2,23)14(16(21)22)18-15(20)13-9-7-12(8-10-13)6-4-3-5-11-19/h7-10,14,19,23H,11H2,1-2H3,(H,18,20)(H,21,22). The van der Waals surface area contributed by atoms with E-state index >= 15 is 0 Å². The van der Waals surface area contributed by atoms with E-state index in [0.717, 1.165) is 0 Å². The number of aliphatic hydroxyl groups excluding tert-OH is 1. The summed E-state index contributed by atoms with van der Waals surface area (Å²) in [6.45, 7) is 2.34. The first-order chi connectivity index (χ1) is 10.8. The maximum atomic E-state index is 12.0. The van der Waals surface area contributed by atoms with E-state index in [4.69, 9.17) is 10.2 Å². The fourth-order valence-electron chi connectivity index (χ4n) is 1.65. The zero-order valence-electron chi connectivity index (χ0n) is 12.8. The number of carbonyl (C=O) groups is 2. The highest BCUT2D eigenvalue weighted by Crippen LogP contribution is 2.11. The van der Waals surface area contributed by atoms with Crippen molar-refractivity contribution in [1.82, 2.24) is 5.32 Å². The molecule has 6 heteroatoms. The molecule has 1 rings (SSSR count). The molecule has 0 radical (unpaired) electrons. The minimum Gasteiger partial charge on any atom is -0.480 e. The Balaban J connectivity index is 2.85. The van der Waals surface area contributed by atoms with Crippen molar-refractivity contribution >= 4 is 11.9 Å². The normalized spacial score (nSPS) is 11.3. The van der Waals surface area contributed by atoms with Crippen molar-refractivity contribution in [3.05, 3.63) is 35.4 Å². The van der Waals surface area contributed by atoms with Gasteiger partial charge in [0.1, 0.15) is 6.61 Å². The smallest absolute Gasteiger partial charge is 0.329 e. The van der Waals surface area contributed by atoms with Gasteiger partial charge in [-0.3, -0.25) is 4.79 Å². The molecule has 0 spiro atoms. The van der Waals surface area contributed by atoms with Gasteiger partial charge in [-0.15, -0.1) is 0 Å². The third-order valence-electron chi connectivity index (χ3n) is 2.81. The number of rotatable bonds is 4. The molecule has 0 fully saturated rings. The summed E-state index contributed by atoms with van der Waals surface area (Å²) in [5, 5.41) is 29.6. The Hall–Kier alpha value is -2.80. The molecule has 0 aliphatic rings. The zero-order valence-corrected chi connectivity index (χ0v) is 12.8. The highest BCUT2D eigenvalue weighted by Gasteiger charge is 2.34. The van der Waals surface area contributed by atoms with Crippen LogP contribution in [0.2, 0.25) is 0 Å². The number of carboxylic acid groups (broad SMARTS) is 1. The van der Waals surface area contributed by atoms with Crippen LogP contribution >= 0.6 is 0 Å². The Kier molecular flexibility index (Phi) is 6.35. The predicted octanol–water partition coefficient (Wildman–Crippen LogP) is -0.0123. The van der Waals surface area contributed by atoms with Crippen LogP contribution in [0, 0.1) is 23.7 Å². The zero-order chi connectivity index (χ0) is 17.5. The predicted molar refractivity (Wildman–Crippen MR) is 83.4 cm³/mol. The molecule has 1 unspecified atom stereocenters. The van der Waals surface area contributed by atoms with Crippen molar-refractivity contribution in [3.63, 3.8) is 0 Å². The lowest BCUT2D eigenvalue weighted by Crippen LogP contribution is -2.54. The monoisotopic (exact) mass is 315 g/mol. The van der Waals surface area contributed by atoms with Crippen LogP contribution in [-0.2, 0) is 4.79 Å². The summed E-state index contributed by atoms with van der Waals surface area (Å²) in [5.41, 5.74) is -0.739. The van der Waals surface area contributed by atoms with Gasteiger partial charge in [0, 0.05) is 11.1 Å². The van der Waals surface area contributed by atoms with Crippen LogP contribution in [-0.4, -0.2) is 45.4 Å². The minimum atomic E-state index is -1.60. The Morgan fingerprint density at radius 2 is 1.83 bits per heavy atom. The lowest BCUT2D eigenvalue weighted by molar-refractivity contribution is -0.145. The second kappa shape index (κ2) is 8.00. The van der Waals surface area contributed by atoms with E-state index in [9.17, 15) is 14.7 Å². The number of nitrogens with one attached hydrogen (secondary N) is 1. The minimum absolute atomic E-state index is 0.243. The highest BCUT2D eigenvalue weighted by molar-refractivity contribution is 5.97. The van der Waals surface area contributed by atoms with Crippen LogP contribution in [0.1, 0.15) is 29.8 Å². The van der Waals surface area contributed by atoms with Crippen LogP contribution in [0.25, 0.3) is 0 Å². The SMILES string of the molecule is CC(C)(O)C(NC(=O)c1ccc(C#CC#CCO)cc1)C(=O)O. The van der Waals surface area contributed by atoms with Gasteiger partial charge < -0.3 is 20.6 Å². The maximum absolute atomic E-state index is 12.0. The second-order valence-electron chi connectivity index (χ2n) is 5.19. The first-order valence-corrected chi connectivity index (χ1v) is 6.71. The topological polar surface area (TPSA) is 107 Å². The van der Waals surface area contributed by atoms with Gasteiger partial charge in [0.05, 0.1) is 5.60 Å². The molecule has 1 amide bonds. The number of aliphatic carboxylic acids is 1. The Morgan fingerprint density at radius 3 is 2.30 bits per heavy atom. The van der Waals surface area contributed by atoms with E-state index in [-0.39, 0.29) is 12.2 Å². The molecule has 0 aliphatic heterocycles. The van der Waals surface area contributed by atoms with Crippen LogP contribution in [0.4, 0.5) is 0 Å². The van der Waals surface area contributed by atoms with Gasteiger partial charge in [-0.2, -0.15) is 0 Å². The lowest BCUT2D eigenvalue weighted by Gasteiger charge is -2.26. The molecule has 23 heavy (non-hydrogen) atoms. The summed E-state index contributed by atoms with van der Waals surface area (Å²) < 4.78 is 0. The molecule has 0 heterocycles. The summed E-state index contributed by atoms with van der Waals surface area (Å²) >= 11 is 0. The van der Waals surface area contributed by atoms with Crippen LogP contribution in [0.3, 0.4) is 0 Å². The summed E-state index contributed by atoms with van der Waals surface area (Å²) in [6, 6.07) is 4.72. The number of carboxylic acids is 1. The number of hydrogen-bond donors (Lipinski definition) is 4. The third kappa shape index (κ3) is 5.84. The van der Waals surface area contributed by atoms with Gasteiger partial charge in [-0.1, -0.05) is 11.8 Å². The first kappa shape index (κ1) is 18.2. The molecule has 0 saturated carbocycles. The van der Waals surface area contributed by atoms with E-state index in [1.54, 1.807) is 12.1 Å². The third-order valence-corrected chi connectivity index (χ3v) is 2.81. The average molecular weight is 315 g/mol. The molecule has 0 saturated heterocycles. The molecule has 1 atom stereocenters. The van der Waals surface area contributed by atoms with E-state index in [1.165, 1.54) is 26.0 Å². The molecule has 1 aromatic rings. The van der Waals surface area contributed by atoms with Gasteiger partial charge in [0.25, 0.3) is 5.91 Å². The molecule has 0 aliphatic carbocycles. The van der Waals surface area contributed by atoms with Crippen molar-refractivity contribution in [2.75, 3.05) is 6.61 Å². The molecule has 0 aromatic heterocycles. The van der Waals surface area contributed by atoms with E-state index in [2.05, 4.69) is 29.0 Å². The van der Waals surface area contributed by atoms with Crippen molar-refractivity contribution in [3.8, 4) is 23.7 Å². The number of benzene rings is 1.